The molecule has 0 aromatic carbocycles. The molecule has 14 heavy (non-hydrogen) atoms. The van der Waals surface area contributed by atoms with E-state index in [1.807, 2.05) is 0 Å². The van der Waals surface area contributed by atoms with Gasteiger partial charge in [0.05, 0.1) is 6.61 Å². The third kappa shape index (κ3) is 1.72. The molecule has 78 valence electrons. The van der Waals surface area contributed by atoms with Crippen LogP contribution in [0.3, 0.4) is 0 Å². The van der Waals surface area contributed by atoms with Crippen molar-refractivity contribution in [3.8, 4) is 0 Å². The fourth-order valence-electron chi connectivity index (χ4n) is 1.96. The van der Waals surface area contributed by atoms with Gasteiger partial charge in [0.1, 0.15) is 5.41 Å². The van der Waals surface area contributed by atoms with Gasteiger partial charge in [-0.2, -0.15) is 0 Å². The van der Waals surface area contributed by atoms with Crippen LogP contribution in [0.1, 0.15) is 32.6 Å². The van der Waals surface area contributed by atoms with E-state index in [1.165, 1.54) is 0 Å². The number of rotatable bonds is 4. The smallest absolute Gasteiger partial charge is 0.319 e. The highest BCUT2D eigenvalue weighted by molar-refractivity contribution is 6.05. The number of Topliss-reactive ketones (excluding diaryl/α,β-unsaturated/α-hetero) is 1. The maximum atomic E-state index is 11.7. The van der Waals surface area contributed by atoms with Crippen LogP contribution in [0.2, 0.25) is 0 Å². The van der Waals surface area contributed by atoms with E-state index in [0.717, 1.165) is 6.42 Å². The van der Waals surface area contributed by atoms with Crippen LogP contribution in [0.25, 0.3) is 0 Å². The summed E-state index contributed by atoms with van der Waals surface area (Å²) in [5.74, 6) is -0.363. The fraction of sp³-hybridized carbons (Fsp3) is 0.636. The van der Waals surface area contributed by atoms with Crippen LogP contribution >= 0.6 is 0 Å². The molecule has 0 aromatic rings. The summed E-state index contributed by atoms with van der Waals surface area (Å²) in [7, 11) is 0. The lowest BCUT2D eigenvalue weighted by Gasteiger charge is -2.22. The van der Waals surface area contributed by atoms with Crippen molar-refractivity contribution in [1.82, 2.24) is 0 Å². The third-order valence-electron chi connectivity index (χ3n) is 2.70. The molecular formula is C11H16O3. The van der Waals surface area contributed by atoms with E-state index in [-0.39, 0.29) is 11.8 Å². The van der Waals surface area contributed by atoms with Crippen molar-refractivity contribution in [2.45, 2.75) is 32.6 Å². The third-order valence-corrected chi connectivity index (χ3v) is 2.70. The molecule has 0 aromatic heterocycles. The Bertz CT molecular complexity index is 257. The summed E-state index contributed by atoms with van der Waals surface area (Å²) in [6.07, 6.45) is 3.92. The zero-order chi connectivity index (χ0) is 10.6. The molecule has 1 aliphatic rings. The average Bonchev–Trinajstić information content (AvgIpc) is 2.50. The number of esters is 1. The second-order valence-electron chi connectivity index (χ2n) is 3.57. The molecular weight excluding hydrogens is 180 g/mol. The van der Waals surface area contributed by atoms with Gasteiger partial charge in [0, 0.05) is 6.42 Å². The largest absolute Gasteiger partial charge is 0.465 e. The van der Waals surface area contributed by atoms with Gasteiger partial charge in [0.15, 0.2) is 5.78 Å². The van der Waals surface area contributed by atoms with Crippen LogP contribution in [-0.4, -0.2) is 18.4 Å². The lowest BCUT2D eigenvalue weighted by atomic mass is 9.82. The van der Waals surface area contributed by atoms with Crippen molar-refractivity contribution in [3.05, 3.63) is 12.7 Å². The summed E-state index contributed by atoms with van der Waals surface area (Å²) in [4.78, 5) is 23.3. The first-order valence-electron chi connectivity index (χ1n) is 4.99. The highest BCUT2D eigenvalue weighted by atomic mass is 16.5. The first-order valence-corrected chi connectivity index (χ1v) is 4.99. The zero-order valence-corrected chi connectivity index (χ0v) is 8.54. The molecule has 0 N–H and O–H groups in total. The Hall–Kier alpha value is -1.12. The van der Waals surface area contributed by atoms with Crippen LogP contribution in [0.5, 0.6) is 0 Å². The standard InChI is InChI=1S/C11H16O3/c1-3-7-11(10(13)14-4-2)8-5-6-9(11)12/h3H,1,4-8H2,2H3/t11-/m0/s1. The average molecular weight is 196 g/mol. The molecule has 1 rings (SSSR count). The Morgan fingerprint density at radius 1 is 1.71 bits per heavy atom. The number of carbonyl (C=O) groups excluding carboxylic acids is 2. The van der Waals surface area contributed by atoms with Crippen LogP contribution in [0, 0.1) is 5.41 Å². The van der Waals surface area contributed by atoms with Crippen molar-refractivity contribution in [1.29, 1.82) is 0 Å². The molecule has 1 atom stereocenters. The minimum absolute atomic E-state index is 0.0100. The molecule has 1 saturated carbocycles. The lowest BCUT2D eigenvalue weighted by molar-refractivity contribution is -0.158. The maximum absolute atomic E-state index is 11.7. The first kappa shape index (κ1) is 11.0. The molecule has 1 fully saturated rings. The van der Waals surface area contributed by atoms with Crippen LogP contribution < -0.4 is 0 Å². The normalized spacial score (nSPS) is 26.2. The van der Waals surface area contributed by atoms with Gasteiger partial charge in [-0.25, -0.2) is 0 Å². The van der Waals surface area contributed by atoms with Gasteiger partial charge in [-0.05, 0) is 26.2 Å². The maximum Gasteiger partial charge on any atom is 0.319 e. The summed E-state index contributed by atoms with van der Waals surface area (Å²) in [5, 5.41) is 0. The van der Waals surface area contributed by atoms with Crippen LogP contribution in [-0.2, 0) is 14.3 Å². The molecule has 0 radical (unpaired) electrons. The van der Waals surface area contributed by atoms with Gasteiger partial charge in [0.2, 0.25) is 0 Å². The van der Waals surface area contributed by atoms with Crippen molar-refractivity contribution in [3.63, 3.8) is 0 Å². The van der Waals surface area contributed by atoms with Gasteiger partial charge in [-0.1, -0.05) is 6.08 Å². The van der Waals surface area contributed by atoms with E-state index in [0.29, 0.717) is 25.9 Å². The summed E-state index contributed by atoms with van der Waals surface area (Å²) in [6, 6.07) is 0. The number of ether oxygens (including phenoxy) is 1. The minimum Gasteiger partial charge on any atom is -0.465 e. The van der Waals surface area contributed by atoms with Crippen molar-refractivity contribution in [2.75, 3.05) is 6.61 Å². The van der Waals surface area contributed by atoms with Gasteiger partial charge in [-0.15, -0.1) is 6.58 Å². The first-order chi connectivity index (χ1) is 6.67. The Morgan fingerprint density at radius 2 is 2.43 bits per heavy atom. The number of allylic oxidation sites excluding steroid dienone is 1. The summed E-state index contributed by atoms with van der Waals surface area (Å²) < 4.78 is 4.94. The van der Waals surface area contributed by atoms with E-state index in [4.69, 9.17) is 4.74 Å². The molecule has 0 bridgehead atoms. The molecule has 0 unspecified atom stereocenters. The van der Waals surface area contributed by atoms with Gasteiger partial charge in [-0.3, -0.25) is 9.59 Å². The number of hydrogen-bond acceptors (Lipinski definition) is 3. The Balaban J connectivity index is 2.85. The highest BCUT2D eigenvalue weighted by Gasteiger charge is 2.48. The van der Waals surface area contributed by atoms with Crippen LogP contribution in [0.15, 0.2) is 12.7 Å². The molecule has 0 saturated heterocycles. The predicted octanol–water partition coefficient (Wildman–Crippen LogP) is 1.86. The quantitative estimate of drug-likeness (QED) is 0.391. The summed E-state index contributed by atoms with van der Waals surface area (Å²) >= 11 is 0. The fourth-order valence-corrected chi connectivity index (χ4v) is 1.96. The van der Waals surface area contributed by atoms with E-state index in [1.54, 1.807) is 13.0 Å². The second kappa shape index (κ2) is 4.40. The van der Waals surface area contributed by atoms with Crippen LogP contribution in [0.4, 0.5) is 0 Å². The summed E-state index contributed by atoms with van der Waals surface area (Å²) in [6.45, 7) is 5.66. The highest BCUT2D eigenvalue weighted by Crippen LogP contribution is 2.39. The van der Waals surface area contributed by atoms with Crippen molar-refractivity contribution in [2.24, 2.45) is 5.41 Å². The Morgan fingerprint density at radius 3 is 2.86 bits per heavy atom. The van der Waals surface area contributed by atoms with E-state index < -0.39 is 5.41 Å². The molecule has 3 heteroatoms. The SMILES string of the molecule is C=CC[C@]1(C(=O)OCC)CCCC1=O. The molecule has 1 aliphatic carbocycles. The van der Waals surface area contributed by atoms with E-state index >= 15 is 0 Å². The van der Waals surface area contributed by atoms with E-state index in [2.05, 4.69) is 6.58 Å². The monoisotopic (exact) mass is 196 g/mol. The Labute approximate surface area is 84.1 Å². The topological polar surface area (TPSA) is 43.4 Å². The minimum atomic E-state index is -0.905. The lowest BCUT2D eigenvalue weighted by Crippen LogP contribution is -2.36. The zero-order valence-electron chi connectivity index (χ0n) is 8.54. The van der Waals surface area contributed by atoms with Gasteiger partial charge >= 0.3 is 5.97 Å². The number of carbonyl (C=O) groups is 2. The molecule has 0 heterocycles. The van der Waals surface area contributed by atoms with Crippen molar-refractivity contribution >= 4 is 11.8 Å². The second-order valence-corrected chi connectivity index (χ2v) is 3.57. The number of ketones is 1. The molecule has 0 spiro atoms. The molecule has 0 aliphatic heterocycles. The van der Waals surface area contributed by atoms with Gasteiger partial charge < -0.3 is 4.74 Å². The van der Waals surface area contributed by atoms with Crippen molar-refractivity contribution < 1.29 is 14.3 Å². The Kier molecular flexibility index (Phi) is 3.44. The number of hydrogen-bond donors (Lipinski definition) is 0. The van der Waals surface area contributed by atoms with E-state index in [9.17, 15) is 9.59 Å². The van der Waals surface area contributed by atoms with Gasteiger partial charge in [0.25, 0.3) is 0 Å². The molecule has 0 amide bonds. The predicted molar refractivity (Wildman–Crippen MR) is 52.7 cm³/mol. The summed E-state index contributed by atoms with van der Waals surface area (Å²) in [5.41, 5.74) is -0.905. The molecule has 3 nitrogen and oxygen atoms in total.